The molecule has 6 heteroatoms. The maximum absolute atomic E-state index is 12.1. The van der Waals surface area contributed by atoms with Crippen LogP contribution in [0.2, 0.25) is 0 Å². The lowest BCUT2D eigenvalue weighted by Gasteiger charge is -2.36. The number of likely N-dealkylation sites (tertiary alicyclic amines) is 1. The largest absolute Gasteiger partial charge is 0.379 e. The third-order valence-corrected chi connectivity index (χ3v) is 3.10. The second-order valence-corrected chi connectivity index (χ2v) is 4.49. The zero-order chi connectivity index (χ0) is 11.7. The smallest absolute Gasteiger partial charge is 0.280 e. The van der Waals surface area contributed by atoms with Gasteiger partial charge in [-0.15, -0.1) is 0 Å². The fraction of sp³-hybridized carbons (Fsp3) is 0.700. The zero-order valence-corrected chi connectivity index (χ0v) is 9.51. The van der Waals surface area contributed by atoms with Gasteiger partial charge in [0.2, 0.25) is 11.5 Å². The standard InChI is InChI=1S/C10H16N4O2/c1-6-3-4-7(2)14(5-6)10(15)8-9(11)13-16-12-8/h6-7H,3-5H2,1-2H3,(H2,11,13). The highest BCUT2D eigenvalue weighted by atomic mass is 16.6. The third-order valence-electron chi connectivity index (χ3n) is 3.10. The van der Waals surface area contributed by atoms with Gasteiger partial charge in [-0.05, 0) is 36.0 Å². The first kappa shape index (κ1) is 10.9. The van der Waals surface area contributed by atoms with Crippen molar-refractivity contribution in [2.75, 3.05) is 12.3 Å². The van der Waals surface area contributed by atoms with Crippen molar-refractivity contribution in [3.05, 3.63) is 5.69 Å². The number of carbonyl (C=O) groups is 1. The first-order valence-corrected chi connectivity index (χ1v) is 5.48. The Morgan fingerprint density at radius 1 is 1.44 bits per heavy atom. The van der Waals surface area contributed by atoms with Crippen molar-refractivity contribution in [3.8, 4) is 0 Å². The molecule has 2 N–H and O–H groups in total. The normalized spacial score (nSPS) is 25.8. The van der Waals surface area contributed by atoms with Crippen LogP contribution in [-0.4, -0.2) is 33.7 Å². The predicted molar refractivity (Wildman–Crippen MR) is 57.6 cm³/mol. The van der Waals surface area contributed by atoms with Gasteiger partial charge in [0, 0.05) is 12.6 Å². The summed E-state index contributed by atoms with van der Waals surface area (Å²) in [6.07, 6.45) is 2.16. The van der Waals surface area contributed by atoms with E-state index in [2.05, 4.69) is 21.9 Å². The summed E-state index contributed by atoms with van der Waals surface area (Å²) in [5, 5.41) is 6.97. The minimum Gasteiger partial charge on any atom is -0.379 e. The van der Waals surface area contributed by atoms with Crippen LogP contribution in [0, 0.1) is 5.92 Å². The molecule has 0 spiro atoms. The molecular formula is C10H16N4O2. The number of nitrogens with two attached hydrogens (primary N) is 1. The lowest BCUT2D eigenvalue weighted by atomic mass is 9.95. The number of hydrogen-bond donors (Lipinski definition) is 1. The van der Waals surface area contributed by atoms with Gasteiger partial charge < -0.3 is 10.6 Å². The summed E-state index contributed by atoms with van der Waals surface area (Å²) in [4.78, 5) is 13.9. The van der Waals surface area contributed by atoms with Crippen LogP contribution >= 0.6 is 0 Å². The molecule has 2 heterocycles. The van der Waals surface area contributed by atoms with E-state index in [-0.39, 0.29) is 23.5 Å². The first-order valence-electron chi connectivity index (χ1n) is 5.48. The topological polar surface area (TPSA) is 85.2 Å². The number of aromatic nitrogens is 2. The number of nitrogens with zero attached hydrogens (tertiary/aromatic N) is 3. The van der Waals surface area contributed by atoms with Crippen molar-refractivity contribution in [3.63, 3.8) is 0 Å². The van der Waals surface area contributed by atoms with Crippen LogP contribution in [0.3, 0.4) is 0 Å². The fourth-order valence-electron chi connectivity index (χ4n) is 2.05. The van der Waals surface area contributed by atoms with Crippen LogP contribution in [0.4, 0.5) is 5.82 Å². The Balaban J connectivity index is 2.18. The SMILES string of the molecule is CC1CCC(C)N(C(=O)c2nonc2N)C1. The molecule has 1 aliphatic rings. The average molecular weight is 224 g/mol. The van der Waals surface area contributed by atoms with E-state index in [1.807, 2.05) is 6.92 Å². The highest BCUT2D eigenvalue weighted by Gasteiger charge is 2.30. The number of nitrogen functional groups attached to an aromatic ring is 1. The van der Waals surface area contributed by atoms with Crippen molar-refractivity contribution >= 4 is 11.7 Å². The van der Waals surface area contributed by atoms with Gasteiger partial charge in [-0.2, -0.15) is 0 Å². The van der Waals surface area contributed by atoms with Crippen molar-refractivity contribution in [1.82, 2.24) is 15.2 Å². The van der Waals surface area contributed by atoms with E-state index in [1.54, 1.807) is 4.90 Å². The van der Waals surface area contributed by atoms with Crippen LogP contribution in [0.25, 0.3) is 0 Å². The molecule has 1 aromatic rings. The zero-order valence-electron chi connectivity index (χ0n) is 9.51. The summed E-state index contributed by atoms with van der Waals surface area (Å²) in [5.74, 6) is 0.398. The summed E-state index contributed by atoms with van der Waals surface area (Å²) >= 11 is 0. The van der Waals surface area contributed by atoms with Crippen LogP contribution in [0.5, 0.6) is 0 Å². The quantitative estimate of drug-likeness (QED) is 0.766. The Hall–Kier alpha value is -1.59. The summed E-state index contributed by atoms with van der Waals surface area (Å²) in [6, 6.07) is 0.222. The van der Waals surface area contributed by atoms with Crippen molar-refractivity contribution in [2.45, 2.75) is 32.7 Å². The lowest BCUT2D eigenvalue weighted by Crippen LogP contribution is -2.45. The molecule has 0 aromatic carbocycles. The molecule has 0 saturated carbocycles. The number of anilines is 1. The number of piperidine rings is 1. The van der Waals surface area contributed by atoms with E-state index < -0.39 is 0 Å². The van der Waals surface area contributed by atoms with E-state index in [0.717, 1.165) is 19.4 Å². The van der Waals surface area contributed by atoms with Crippen LogP contribution in [-0.2, 0) is 0 Å². The molecule has 1 saturated heterocycles. The van der Waals surface area contributed by atoms with E-state index in [1.165, 1.54) is 0 Å². The molecular weight excluding hydrogens is 208 g/mol. The molecule has 1 amide bonds. The van der Waals surface area contributed by atoms with Crippen LogP contribution < -0.4 is 5.73 Å². The van der Waals surface area contributed by atoms with Gasteiger partial charge >= 0.3 is 0 Å². The molecule has 1 aromatic heterocycles. The summed E-state index contributed by atoms with van der Waals surface area (Å²) in [6.45, 7) is 4.91. The number of rotatable bonds is 1. The Bertz CT molecular complexity index is 390. The molecule has 2 unspecified atom stereocenters. The molecule has 0 radical (unpaired) electrons. The summed E-state index contributed by atoms with van der Waals surface area (Å²) in [7, 11) is 0. The van der Waals surface area contributed by atoms with Gasteiger partial charge in [0.05, 0.1) is 0 Å². The fourth-order valence-corrected chi connectivity index (χ4v) is 2.05. The second-order valence-electron chi connectivity index (χ2n) is 4.49. The maximum Gasteiger partial charge on any atom is 0.280 e. The van der Waals surface area contributed by atoms with Gasteiger partial charge in [-0.3, -0.25) is 4.79 Å². The maximum atomic E-state index is 12.1. The molecule has 1 aliphatic heterocycles. The Morgan fingerprint density at radius 2 is 2.19 bits per heavy atom. The number of hydrogen-bond acceptors (Lipinski definition) is 5. The molecule has 6 nitrogen and oxygen atoms in total. The second kappa shape index (κ2) is 4.11. The van der Waals surface area contributed by atoms with Gasteiger partial charge in [-0.25, -0.2) is 4.63 Å². The van der Waals surface area contributed by atoms with E-state index in [0.29, 0.717) is 5.92 Å². The van der Waals surface area contributed by atoms with Crippen molar-refractivity contribution < 1.29 is 9.42 Å². The summed E-state index contributed by atoms with van der Waals surface area (Å²) < 4.78 is 4.45. The van der Waals surface area contributed by atoms with E-state index in [9.17, 15) is 4.79 Å². The van der Waals surface area contributed by atoms with Crippen LogP contribution in [0.1, 0.15) is 37.2 Å². The lowest BCUT2D eigenvalue weighted by molar-refractivity contribution is 0.0564. The van der Waals surface area contributed by atoms with Gasteiger partial charge in [0.25, 0.3) is 5.91 Å². The van der Waals surface area contributed by atoms with Crippen LogP contribution in [0.15, 0.2) is 4.63 Å². The molecule has 0 bridgehead atoms. The summed E-state index contributed by atoms with van der Waals surface area (Å²) in [5.41, 5.74) is 5.64. The number of carbonyl (C=O) groups excluding carboxylic acids is 1. The van der Waals surface area contributed by atoms with Gasteiger partial charge in [0.1, 0.15) is 0 Å². The highest BCUT2D eigenvalue weighted by molar-refractivity contribution is 5.96. The molecule has 1 fully saturated rings. The minimum absolute atomic E-state index is 0.0652. The Morgan fingerprint density at radius 3 is 2.81 bits per heavy atom. The first-order chi connectivity index (χ1) is 7.59. The van der Waals surface area contributed by atoms with Crippen molar-refractivity contribution in [1.29, 1.82) is 0 Å². The average Bonchev–Trinajstić information content (AvgIpc) is 2.67. The molecule has 0 aliphatic carbocycles. The van der Waals surface area contributed by atoms with Gasteiger partial charge in [0.15, 0.2) is 0 Å². The Kier molecular flexibility index (Phi) is 2.80. The monoisotopic (exact) mass is 224 g/mol. The van der Waals surface area contributed by atoms with E-state index in [4.69, 9.17) is 5.73 Å². The molecule has 2 atom stereocenters. The Labute approximate surface area is 93.7 Å². The predicted octanol–water partition coefficient (Wildman–Crippen LogP) is 0.912. The molecule has 16 heavy (non-hydrogen) atoms. The minimum atomic E-state index is -0.183. The van der Waals surface area contributed by atoms with E-state index >= 15 is 0 Å². The van der Waals surface area contributed by atoms with Gasteiger partial charge in [-0.1, -0.05) is 6.92 Å². The third kappa shape index (κ3) is 1.87. The number of amides is 1. The molecule has 88 valence electrons. The van der Waals surface area contributed by atoms with Crippen molar-refractivity contribution in [2.24, 2.45) is 5.92 Å². The molecule has 2 rings (SSSR count). The highest BCUT2D eigenvalue weighted by Crippen LogP contribution is 2.23.